The summed E-state index contributed by atoms with van der Waals surface area (Å²) in [7, 11) is 1.80. The quantitative estimate of drug-likeness (QED) is 0.697. The maximum Gasteiger partial charge on any atom is 0.253 e. The van der Waals surface area contributed by atoms with E-state index in [9.17, 15) is 13.2 Å². The Balaban J connectivity index is 1.83. The van der Waals surface area contributed by atoms with Crippen LogP contribution < -0.4 is 4.74 Å². The Morgan fingerprint density at radius 2 is 1.95 bits per heavy atom. The molecule has 0 saturated heterocycles. The minimum Gasteiger partial charge on any atom is -0.471 e. The first-order chi connectivity index (χ1) is 10.0. The summed E-state index contributed by atoms with van der Waals surface area (Å²) < 4.78 is 45.9. The van der Waals surface area contributed by atoms with E-state index in [2.05, 4.69) is 10.1 Å². The fraction of sp³-hybridized carbons (Fsp3) is 0.143. The molecule has 3 rings (SSSR count). The molecule has 4 nitrogen and oxygen atoms in total. The van der Waals surface area contributed by atoms with Crippen LogP contribution in [0, 0.1) is 17.6 Å². The molecule has 0 aliphatic heterocycles. The highest BCUT2D eigenvalue weighted by atomic mass is 19.2. The monoisotopic (exact) mass is 293 g/mol. The maximum atomic E-state index is 13.4. The van der Waals surface area contributed by atoms with Gasteiger partial charge in [-0.05, 0) is 11.6 Å². The Labute approximate surface area is 117 Å². The van der Waals surface area contributed by atoms with Gasteiger partial charge in [0.1, 0.15) is 6.61 Å². The zero-order chi connectivity index (χ0) is 15.0. The molecule has 0 aliphatic rings. The number of pyridine rings is 1. The number of hydrogen-bond acceptors (Lipinski definition) is 3. The van der Waals surface area contributed by atoms with E-state index in [0.29, 0.717) is 6.07 Å². The van der Waals surface area contributed by atoms with Gasteiger partial charge in [-0.2, -0.15) is 14.5 Å². The number of hydrogen-bond donors (Lipinski definition) is 0. The van der Waals surface area contributed by atoms with Crippen molar-refractivity contribution in [1.29, 1.82) is 0 Å². The second-order valence-electron chi connectivity index (χ2n) is 4.50. The molecule has 1 aromatic carbocycles. The average Bonchev–Trinajstić information content (AvgIpc) is 2.83. The summed E-state index contributed by atoms with van der Waals surface area (Å²) in [6.45, 7) is -0.0177. The predicted molar refractivity (Wildman–Crippen MR) is 69.2 cm³/mol. The molecule has 7 heteroatoms. The van der Waals surface area contributed by atoms with Crippen molar-refractivity contribution in [2.75, 3.05) is 0 Å². The molecule has 0 aliphatic carbocycles. The highest BCUT2D eigenvalue weighted by Crippen LogP contribution is 2.19. The van der Waals surface area contributed by atoms with Gasteiger partial charge >= 0.3 is 0 Å². The smallest absolute Gasteiger partial charge is 0.253 e. The van der Waals surface area contributed by atoms with Crippen LogP contribution in [-0.2, 0) is 13.7 Å². The van der Waals surface area contributed by atoms with E-state index in [1.165, 1.54) is 0 Å². The molecular formula is C14H10F3N3O. The second kappa shape index (κ2) is 5.08. The molecule has 3 aromatic rings. The number of ether oxygens (including phenoxy) is 1. The van der Waals surface area contributed by atoms with Crippen molar-refractivity contribution in [3.8, 4) is 5.88 Å². The van der Waals surface area contributed by atoms with Crippen molar-refractivity contribution >= 4 is 10.9 Å². The van der Waals surface area contributed by atoms with Crippen LogP contribution in [0.15, 0.2) is 30.5 Å². The van der Waals surface area contributed by atoms with Crippen LogP contribution in [0.4, 0.5) is 13.2 Å². The number of benzene rings is 1. The minimum atomic E-state index is -1.39. The molecule has 2 heterocycles. The molecule has 0 unspecified atom stereocenters. The Morgan fingerprint density at radius 3 is 2.76 bits per heavy atom. The van der Waals surface area contributed by atoms with Crippen LogP contribution in [-0.4, -0.2) is 14.8 Å². The third kappa shape index (κ3) is 2.54. The fourth-order valence-corrected chi connectivity index (χ4v) is 1.96. The Hall–Kier alpha value is -2.57. The molecule has 0 spiro atoms. The highest BCUT2D eigenvalue weighted by molar-refractivity contribution is 5.79. The van der Waals surface area contributed by atoms with Crippen LogP contribution >= 0.6 is 0 Å². The molecule has 2 aromatic heterocycles. The van der Waals surface area contributed by atoms with Crippen molar-refractivity contribution in [2.45, 2.75) is 6.61 Å². The predicted octanol–water partition coefficient (Wildman–Crippen LogP) is 2.96. The topological polar surface area (TPSA) is 39.9 Å². The van der Waals surface area contributed by atoms with Crippen LogP contribution in [0.1, 0.15) is 5.56 Å². The molecule has 0 atom stereocenters. The number of halogens is 3. The first-order valence-electron chi connectivity index (χ1n) is 6.09. The number of nitrogens with zero attached hydrogens (tertiary/aromatic N) is 3. The van der Waals surface area contributed by atoms with Gasteiger partial charge < -0.3 is 4.74 Å². The Morgan fingerprint density at radius 1 is 1.14 bits per heavy atom. The lowest BCUT2D eigenvalue weighted by molar-refractivity contribution is 0.268. The molecule has 0 radical (unpaired) electrons. The first-order valence-corrected chi connectivity index (χ1v) is 6.09. The third-order valence-corrected chi connectivity index (χ3v) is 3.04. The lowest BCUT2D eigenvalue weighted by Gasteiger charge is -2.07. The molecular weight excluding hydrogens is 283 g/mol. The summed E-state index contributed by atoms with van der Waals surface area (Å²) in [6, 6.07) is 5.85. The molecule has 0 bridgehead atoms. The van der Waals surface area contributed by atoms with Gasteiger partial charge in [0.05, 0.1) is 11.7 Å². The summed E-state index contributed by atoms with van der Waals surface area (Å²) in [4.78, 5) is 3.10. The summed E-state index contributed by atoms with van der Waals surface area (Å²) in [6.07, 6.45) is 1.72. The summed E-state index contributed by atoms with van der Waals surface area (Å²) in [5.74, 6) is -4.36. The van der Waals surface area contributed by atoms with E-state index in [4.69, 9.17) is 4.74 Å². The van der Waals surface area contributed by atoms with Gasteiger partial charge in [-0.15, -0.1) is 0 Å². The molecule has 0 N–H and O–H groups in total. The van der Waals surface area contributed by atoms with Gasteiger partial charge in [-0.3, -0.25) is 4.68 Å². The normalized spacial score (nSPS) is 11.0. The summed E-state index contributed by atoms with van der Waals surface area (Å²) >= 11 is 0. The van der Waals surface area contributed by atoms with Crippen molar-refractivity contribution in [3.63, 3.8) is 0 Å². The van der Waals surface area contributed by atoms with E-state index in [-0.39, 0.29) is 6.61 Å². The number of aryl methyl sites for hydroxylation is 1. The van der Waals surface area contributed by atoms with Crippen LogP contribution in [0.25, 0.3) is 10.9 Å². The standard InChI is InChI=1S/C14H10F3N3O/c1-20-12-4-8(2-3-9(12)6-18-20)7-21-14-11(16)5-10(15)13(17)19-14/h2-6H,7H2,1H3. The lowest BCUT2D eigenvalue weighted by Crippen LogP contribution is -2.03. The van der Waals surface area contributed by atoms with Crippen LogP contribution in [0.3, 0.4) is 0 Å². The molecule has 21 heavy (non-hydrogen) atoms. The fourth-order valence-electron chi connectivity index (χ4n) is 1.96. The highest BCUT2D eigenvalue weighted by Gasteiger charge is 2.13. The largest absolute Gasteiger partial charge is 0.471 e. The first kappa shape index (κ1) is 13.4. The number of aromatic nitrogens is 3. The number of rotatable bonds is 3. The Kier molecular flexibility index (Phi) is 3.25. The average molecular weight is 293 g/mol. The van der Waals surface area contributed by atoms with Crippen molar-refractivity contribution in [3.05, 3.63) is 53.6 Å². The third-order valence-electron chi connectivity index (χ3n) is 3.04. The van der Waals surface area contributed by atoms with Gasteiger partial charge in [-0.25, -0.2) is 8.78 Å². The second-order valence-corrected chi connectivity index (χ2v) is 4.50. The summed E-state index contributed by atoms with van der Waals surface area (Å²) in [5, 5.41) is 5.06. The zero-order valence-electron chi connectivity index (χ0n) is 11.0. The van der Waals surface area contributed by atoms with Crippen LogP contribution in [0.2, 0.25) is 0 Å². The van der Waals surface area contributed by atoms with E-state index in [1.54, 1.807) is 24.0 Å². The van der Waals surface area contributed by atoms with Gasteiger partial charge in [0.15, 0.2) is 11.6 Å². The lowest BCUT2D eigenvalue weighted by atomic mass is 10.2. The van der Waals surface area contributed by atoms with Crippen molar-refractivity contribution in [2.24, 2.45) is 7.05 Å². The zero-order valence-corrected chi connectivity index (χ0v) is 11.0. The minimum absolute atomic E-state index is 0.0177. The molecule has 0 saturated carbocycles. The molecule has 0 fully saturated rings. The van der Waals surface area contributed by atoms with Gasteiger partial charge in [-0.1, -0.05) is 12.1 Å². The van der Waals surface area contributed by atoms with Crippen molar-refractivity contribution in [1.82, 2.24) is 14.8 Å². The van der Waals surface area contributed by atoms with E-state index < -0.39 is 23.5 Å². The Bertz CT molecular complexity index is 817. The van der Waals surface area contributed by atoms with E-state index in [1.807, 2.05) is 12.1 Å². The maximum absolute atomic E-state index is 13.4. The van der Waals surface area contributed by atoms with E-state index in [0.717, 1.165) is 16.5 Å². The van der Waals surface area contributed by atoms with Gasteiger partial charge in [0, 0.05) is 18.5 Å². The van der Waals surface area contributed by atoms with Gasteiger partial charge in [0.2, 0.25) is 0 Å². The van der Waals surface area contributed by atoms with Crippen LogP contribution in [0.5, 0.6) is 5.88 Å². The SMILES string of the molecule is Cn1ncc2ccc(COc3nc(F)c(F)cc3F)cc21. The number of fused-ring (bicyclic) bond motifs is 1. The molecule has 0 amide bonds. The molecule has 108 valence electrons. The summed E-state index contributed by atoms with van der Waals surface area (Å²) in [5.41, 5.74) is 1.62. The van der Waals surface area contributed by atoms with Crippen molar-refractivity contribution < 1.29 is 17.9 Å². The van der Waals surface area contributed by atoms with E-state index >= 15 is 0 Å². The van der Waals surface area contributed by atoms with Gasteiger partial charge in [0.25, 0.3) is 11.8 Å².